The maximum absolute atomic E-state index is 13.2. The molecule has 2 heterocycles. The number of hydrogen-bond donors (Lipinski definition) is 0. The summed E-state index contributed by atoms with van der Waals surface area (Å²) < 4.78 is 6.96. The first-order valence-corrected chi connectivity index (χ1v) is 11.0. The molecule has 0 atom stereocenters. The van der Waals surface area contributed by atoms with E-state index in [2.05, 4.69) is 24.3 Å². The Kier molecular flexibility index (Phi) is 5.77. The van der Waals surface area contributed by atoms with Crippen molar-refractivity contribution >= 4 is 17.4 Å². The number of hydrogen-bond acceptors (Lipinski definition) is 3. The average Bonchev–Trinajstić information content (AvgIpc) is 3.29. The van der Waals surface area contributed by atoms with Crippen molar-refractivity contribution in [2.75, 3.05) is 13.7 Å². The quantitative estimate of drug-likeness (QED) is 0.365. The van der Waals surface area contributed by atoms with Gasteiger partial charge < -0.3 is 9.64 Å². The van der Waals surface area contributed by atoms with E-state index in [9.17, 15) is 4.79 Å². The van der Waals surface area contributed by atoms with Crippen molar-refractivity contribution in [1.29, 1.82) is 0 Å². The zero-order valence-corrected chi connectivity index (χ0v) is 18.5. The molecule has 5 heteroatoms. The minimum atomic E-state index is -0.0190. The Balaban J connectivity index is 1.44. The molecule has 0 bridgehead atoms. The minimum absolute atomic E-state index is 0.0190. The van der Waals surface area contributed by atoms with Gasteiger partial charge in [-0.15, -0.1) is 0 Å². The van der Waals surface area contributed by atoms with Crippen molar-refractivity contribution in [2.24, 2.45) is 4.99 Å². The fourth-order valence-electron chi connectivity index (χ4n) is 4.18. The van der Waals surface area contributed by atoms with E-state index >= 15 is 0 Å². The first-order valence-electron chi connectivity index (χ1n) is 11.0. The smallest absolute Gasteiger partial charge is 0.328 e. The molecule has 33 heavy (non-hydrogen) atoms. The molecule has 0 radical (unpaired) electrons. The predicted molar refractivity (Wildman–Crippen MR) is 131 cm³/mol. The largest absolute Gasteiger partial charge is 0.497 e. The molecular weight excluding hydrogens is 410 g/mol. The third kappa shape index (κ3) is 4.30. The highest BCUT2D eigenvalue weighted by Gasteiger charge is 2.26. The summed E-state index contributed by atoms with van der Waals surface area (Å²) >= 11 is 0. The van der Waals surface area contributed by atoms with Gasteiger partial charge in [-0.2, -0.15) is 0 Å². The molecule has 1 aliphatic heterocycles. The lowest BCUT2D eigenvalue weighted by Gasteiger charge is -2.28. The second-order valence-corrected chi connectivity index (χ2v) is 8.01. The molecule has 0 unspecified atom stereocenters. The Hall–Kier alpha value is -4.12. The molecule has 1 aromatic heterocycles. The topological polar surface area (TPSA) is 46.8 Å². The summed E-state index contributed by atoms with van der Waals surface area (Å²) in [4.78, 5) is 20.1. The summed E-state index contributed by atoms with van der Waals surface area (Å²) in [7, 11) is 1.65. The first-order chi connectivity index (χ1) is 16.2. The van der Waals surface area contributed by atoms with Gasteiger partial charge in [-0.1, -0.05) is 72.8 Å². The number of fused-ring (bicyclic) bond motifs is 1. The van der Waals surface area contributed by atoms with Crippen LogP contribution in [0.3, 0.4) is 0 Å². The van der Waals surface area contributed by atoms with Gasteiger partial charge in [-0.3, -0.25) is 4.57 Å². The number of methoxy groups -OCH3 is 1. The van der Waals surface area contributed by atoms with Crippen molar-refractivity contribution in [2.45, 2.75) is 13.0 Å². The number of carbonyl (C=O) groups is 1. The molecule has 1 aliphatic rings. The lowest BCUT2D eigenvalue weighted by atomic mass is 10.0. The summed E-state index contributed by atoms with van der Waals surface area (Å²) in [6, 6.07) is 30.1. The molecule has 5 rings (SSSR count). The Morgan fingerprint density at radius 2 is 1.52 bits per heavy atom. The van der Waals surface area contributed by atoms with Gasteiger partial charge in [0.25, 0.3) is 0 Å². The number of carbonyl (C=O) groups excluding carboxylic acids is 1. The summed E-state index contributed by atoms with van der Waals surface area (Å²) in [5.41, 5.74) is 5.87. The van der Waals surface area contributed by atoms with E-state index in [-0.39, 0.29) is 6.03 Å². The molecule has 0 N–H and O–H groups in total. The summed E-state index contributed by atoms with van der Waals surface area (Å²) in [5, 5.41) is 0. The van der Waals surface area contributed by atoms with Crippen LogP contribution in [-0.2, 0) is 13.0 Å². The van der Waals surface area contributed by atoms with E-state index < -0.39 is 0 Å². The van der Waals surface area contributed by atoms with Gasteiger partial charge in [-0.25, -0.2) is 9.79 Å². The molecule has 0 saturated carbocycles. The van der Waals surface area contributed by atoms with Gasteiger partial charge in [0.15, 0.2) is 0 Å². The fourth-order valence-corrected chi connectivity index (χ4v) is 4.18. The summed E-state index contributed by atoms with van der Waals surface area (Å²) in [5.74, 6) is 0.812. The molecule has 0 fully saturated rings. The third-order valence-corrected chi connectivity index (χ3v) is 5.92. The predicted octanol–water partition coefficient (Wildman–Crippen LogP) is 5.69. The zero-order valence-electron chi connectivity index (χ0n) is 18.5. The molecule has 4 aromatic rings. The van der Waals surface area contributed by atoms with Gasteiger partial charge >= 0.3 is 6.03 Å². The van der Waals surface area contributed by atoms with Crippen LogP contribution >= 0.6 is 0 Å². The number of rotatable bonds is 6. The van der Waals surface area contributed by atoms with Crippen LogP contribution in [0.2, 0.25) is 0 Å². The second-order valence-electron chi connectivity index (χ2n) is 8.01. The first kappa shape index (κ1) is 20.8. The number of benzene rings is 3. The van der Waals surface area contributed by atoms with Gasteiger partial charge in [0.1, 0.15) is 5.75 Å². The number of ether oxygens (including phenoxy) is 1. The zero-order chi connectivity index (χ0) is 22.6. The Morgan fingerprint density at radius 1 is 0.879 bits per heavy atom. The average molecular weight is 436 g/mol. The SMILES string of the molecule is COc1ccc(CN2CCc3c(N=C(c4ccccc4)c4ccccc4)ccn3C2=O)cc1. The van der Waals surface area contributed by atoms with E-state index in [1.54, 1.807) is 11.7 Å². The monoisotopic (exact) mass is 435 g/mol. The van der Waals surface area contributed by atoms with Crippen molar-refractivity contribution in [3.05, 3.63) is 120 Å². The number of aliphatic imine (C=N–C) groups is 1. The standard InChI is InChI=1S/C28H25N3O2/c1-33-24-14-12-21(13-15-24)20-30-18-17-26-25(16-19-31(26)28(30)32)29-27(22-8-4-2-5-9-22)23-10-6-3-7-11-23/h2-16,19H,17-18,20H2,1H3. The number of nitrogens with zero attached hydrogens (tertiary/aromatic N) is 3. The van der Waals surface area contributed by atoms with Crippen LogP contribution in [0.1, 0.15) is 22.4 Å². The van der Waals surface area contributed by atoms with E-state index in [1.807, 2.05) is 77.8 Å². The number of aromatic nitrogens is 1. The molecule has 164 valence electrons. The van der Waals surface area contributed by atoms with Crippen molar-refractivity contribution in [3.63, 3.8) is 0 Å². The molecule has 0 spiro atoms. The lowest BCUT2D eigenvalue weighted by molar-refractivity contribution is 0.189. The Labute approximate surface area is 193 Å². The molecular formula is C28H25N3O2. The highest BCUT2D eigenvalue weighted by atomic mass is 16.5. The Morgan fingerprint density at radius 3 is 2.12 bits per heavy atom. The van der Waals surface area contributed by atoms with E-state index in [0.717, 1.165) is 46.0 Å². The minimum Gasteiger partial charge on any atom is -0.497 e. The summed E-state index contributed by atoms with van der Waals surface area (Å²) in [6.07, 6.45) is 2.59. The van der Waals surface area contributed by atoms with E-state index in [1.165, 1.54) is 0 Å². The molecule has 1 amide bonds. The normalized spacial score (nSPS) is 12.9. The second kappa shape index (κ2) is 9.17. The Bertz CT molecular complexity index is 1230. The molecule has 3 aromatic carbocycles. The van der Waals surface area contributed by atoms with Crippen LogP contribution in [0.25, 0.3) is 0 Å². The van der Waals surface area contributed by atoms with Gasteiger partial charge in [0.05, 0.1) is 24.2 Å². The lowest BCUT2D eigenvalue weighted by Crippen LogP contribution is -2.40. The maximum Gasteiger partial charge on any atom is 0.328 e. The van der Waals surface area contributed by atoms with Crippen molar-refractivity contribution < 1.29 is 9.53 Å². The van der Waals surface area contributed by atoms with Crippen LogP contribution in [0.5, 0.6) is 5.75 Å². The summed E-state index contributed by atoms with van der Waals surface area (Å²) in [6.45, 7) is 1.22. The highest BCUT2D eigenvalue weighted by molar-refractivity contribution is 6.14. The van der Waals surface area contributed by atoms with Crippen LogP contribution in [0, 0.1) is 0 Å². The highest BCUT2D eigenvalue weighted by Crippen LogP contribution is 2.28. The van der Waals surface area contributed by atoms with Crippen LogP contribution in [-0.4, -0.2) is 34.9 Å². The fraction of sp³-hybridized carbons (Fsp3) is 0.143. The number of amides is 1. The third-order valence-electron chi connectivity index (χ3n) is 5.92. The van der Waals surface area contributed by atoms with Gasteiger partial charge in [0.2, 0.25) is 0 Å². The molecule has 0 aliphatic carbocycles. The van der Waals surface area contributed by atoms with E-state index in [0.29, 0.717) is 13.1 Å². The van der Waals surface area contributed by atoms with Gasteiger partial charge in [-0.05, 0) is 23.8 Å². The van der Waals surface area contributed by atoms with Crippen LogP contribution in [0.15, 0.2) is 102 Å². The maximum atomic E-state index is 13.2. The van der Waals surface area contributed by atoms with Crippen LogP contribution < -0.4 is 4.74 Å². The molecule has 0 saturated heterocycles. The van der Waals surface area contributed by atoms with Crippen molar-refractivity contribution in [3.8, 4) is 5.75 Å². The molecule has 5 nitrogen and oxygen atoms in total. The van der Waals surface area contributed by atoms with Crippen molar-refractivity contribution in [1.82, 2.24) is 9.47 Å². The van der Waals surface area contributed by atoms with Crippen LogP contribution in [0.4, 0.5) is 10.5 Å². The van der Waals surface area contributed by atoms with Gasteiger partial charge in [0, 0.05) is 36.8 Å². The van der Waals surface area contributed by atoms with E-state index in [4.69, 9.17) is 9.73 Å².